The zero-order chi connectivity index (χ0) is 20.4. The minimum atomic E-state index is -0.654. The van der Waals surface area contributed by atoms with Gasteiger partial charge in [-0.2, -0.15) is 0 Å². The van der Waals surface area contributed by atoms with Crippen molar-refractivity contribution >= 4 is 11.1 Å². The van der Waals surface area contributed by atoms with Gasteiger partial charge in [0.15, 0.2) is 0 Å². The quantitative estimate of drug-likeness (QED) is 0.360. The molecule has 0 heterocycles. The van der Waals surface area contributed by atoms with Crippen LogP contribution in [0.4, 0.5) is 0 Å². The van der Waals surface area contributed by atoms with Crippen molar-refractivity contribution in [1.82, 2.24) is 0 Å². The lowest BCUT2D eigenvalue weighted by Gasteiger charge is -2.35. The van der Waals surface area contributed by atoms with Gasteiger partial charge in [0.25, 0.3) is 0 Å². The summed E-state index contributed by atoms with van der Waals surface area (Å²) in [5, 5.41) is 0. The first kappa shape index (κ1) is 18.6. The summed E-state index contributed by atoms with van der Waals surface area (Å²) in [6.07, 6.45) is 0. The van der Waals surface area contributed by atoms with E-state index >= 15 is 0 Å². The molecule has 0 aliphatic heterocycles. The predicted molar refractivity (Wildman–Crippen MR) is 124 cm³/mol. The molecule has 4 aromatic carbocycles. The average Bonchev–Trinajstić information content (AvgIpc) is 3.12. The molecule has 0 saturated heterocycles. The van der Waals surface area contributed by atoms with Crippen molar-refractivity contribution in [2.24, 2.45) is 0 Å². The van der Waals surface area contributed by atoms with Gasteiger partial charge in [-0.15, -0.1) is 0 Å². The summed E-state index contributed by atoms with van der Waals surface area (Å²) < 4.78 is 6.76. The highest BCUT2D eigenvalue weighted by molar-refractivity contribution is 6.08. The third kappa shape index (κ3) is 2.82. The van der Waals surface area contributed by atoms with E-state index in [1.807, 2.05) is 0 Å². The molecule has 0 saturated carbocycles. The second kappa shape index (κ2) is 7.78. The maximum atomic E-state index is 6.76. The minimum Gasteiger partial charge on any atom is -0.361 e. The lowest BCUT2D eigenvalue weighted by molar-refractivity contribution is 0.0379. The number of benzene rings is 4. The molecule has 1 nitrogen and oxygen atoms in total. The number of rotatable bonds is 5. The minimum absolute atomic E-state index is 0.613. The second-order valence-corrected chi connectivity index (χ2v) is 7.51. The van der Waals surface area contributed by atoms with E-state index in [0.29, 0.717) is 6.61 Å². The summed E-state index contributed by atoms with van der Waals surface area (Å²) >= 11 is 0. The Labute approximate surface area is 178 Å². The second-order valence-electron chi connectivity index (χ2n) is 7.51. The first-order valence-corrected chi connectivity index (χ1v) is 10.5. The fraction of sp³-hybridized carbons (Fsp3) is 0.103. The molecule has 5 rings (SSSR count). The smallest absolute Gasteiger partial charge is 0.145 e. The van der Waals surface area contributed by atoms with Gasteiger partial charge in [0, 0.05) is 17.7 Å². The SMILES string of the molecule is CCOC1(c2ccccc2)C(c2ccccc2)=C(c2ccccc2)c2ccccc21. The third-order valence-corrected chi connectivity index (χ3v) is 5.84. The summed E-state index contributed by atoms with van der Waals surface area (Å²) in [6, 6.07) is 40.7. The average molecular weight is 389 g/mol. The van der Waals surface area contributed by atoms with Gasteiger partial charge in [0.1, 0.15) is 5.60 Å². The first-order chi connectivity index (χ1) is 14.9. The van der Waals surface area contributed by atoms with Gasteiger partial charge in [0.2, 0.25) is 0 Å². The number of hydrogen-bond donors (Lipinski definition) is 0. The lowest BCUT2D eigenvalue weighted by Crippen LogP contribution is -2.31. The van der Waals surface area contributed by atoms with Crippen LogP contribution in [0.15, 0.2) is 115 Å². The molecular weight excluding hydrogens is 364 g/mol. The van der Waals surface area contributed by atoms with Crippen LogP contribution in [0.25, 0.3) is 11.1 Å². The van der Waals surface area contributed by atoms with Crippen LogP contribution in [0.5, 0.6) is 0 Å². The van der Waals surface area contributed by atoms with Crippen LogP contribution in [0.1, 0.15) is 34.7 Å². The van der Waals surface area contributed by atoms with E-state index in [2.05, 4.69) is 122 Å². The monoisotopic (exact) mass is 388 g/mol. The van der Waals surface area contributed by atoms with Gasteiger partial charge in [0.05, 0.1) is 0 Å². The van der Waals surface area contributed by atoms with Crippen LogP contribution >= 0.6 is 0 Å². The van der Waals surface area contributed by atoms with Crippen LogP contribution in [-0.2, 0) is 10.3 Å². The van der Waals surface area contributed by atoms with Crippen molar-refractivity contribution in [2.45, 2.75) is 12.5 Å². The molecule has 0 radical (unpaired) electrons. The molecule has 0 spiro atoms. The van der Waals surface area contributed by atoms with Crippen molar-refractivity contribution in [3.05, 3.63) is 143 Å². The zero-order valence-corrected chi connectivity index (χ0v) is 17.1. The van der Waals surface area contributed by atoms with E-state index in [1.165, 1.54) is 33.4 Å². The Morgan fingerprint density at radius 3 is 1.77 bits per heavy atom. The molecule has 1 unspecified atom stereocenters. The molecule has 1 aliphatic carbocycles. The van der Waals surface area contributed by atoms with Gasteiger partial charge in [-0.1, -0.05) is 115 Å². The molecule has 0 fully saturated rings. The molecule has 0 bridgehead atoms. The zero-order valence-electron chi connectivity index (χ0n) is 17.1. The Hall–Kier alpha value is -3.42. The van der Waals surface area contributed by atoms with Crippen LogP contribution in [0.3, 0.4) is 0 Å². The fourth-order valence-electron chi connectivity index (χ4n) is 4.73. The van der Waals surface area contributed by atoms with Gasteiger partial charge >= 0.3 is 0 Å². The molecule has 0 aromatic heterocycles. The summed E-state index contributed by atoms with van der Waals surface area (Å²) in [5.41, 5.74) is 7.79. The van der Waals surface area contributed by atoms with Crippen LogP contribution in [0, 0.1) is 0 Å². The number of fused-ring (bicyclic) bond motifs is 1. The lowest BCUT2D eigenvalue weighted by atomic mass is 9.79. The largest absolute Gasteiger partial charge is 0.361 e. The maximum absolute atomic E-state index is 6.76. The summed E-state index contributed by atoms with van der Waals surface area (Å²) in [7, 11) is 0. The molecular formula is C29H24O. The highest BCUT2D eigenvalue weighted by Crippen LogP contribution is 2.56. The van der Waals surface area contributed by atoms with E-state index in [1.54, 1.807) is 0 Å². The van der Waals surface area contributed by atoms with Crippen molar-refractivity contribution in [1.29, 1.82) is 0 Å². The van der Waals surface area contributed by atoms with Crippen molar-refractivity contribution in [2.75, 3.05) is 6.61 Å². The van der Waals surface area contributed by atoms with E-state index < -0.39 is 5.60 Å². The molecule has 0 amide bonds. The van der Waals surface area contributed by atoms with E-state index in [0.717, 1.165) is 5.56 Å². The van der Waals surface area contributed by atoms with Crippen molar-refractivity contribution in [3.8, 4) is 0 Å². The summed E-state index contributed by atoms with van der Waals surface area (Å²) in [6.45, 7) is 2.69. The van der Waals surface area contributed by atoms with Crippen LogP contribution < -0.4 is 0 Å². The third-order valence-electron chi connectivity index (χ3n) is 5.84. The highest BCUT2D eigenvalue weighted by Gasteiger charge is 2.48. The fourth-order valence-corrected chi connectivity index (χ4v) is 4.73. The van der Waals surface area contributed by atoms with Gasteiger partial charge < -0.3 is 4.74 Å². The van der Waals surface area contributed by atoms with E-state index in [9.17, 15) is 0 Å². The first-order valence-electron chi connectivity index (χ1n) is 10.5. The Balaban J connectivity index is 1.95. The normalized spacial score (nSPS) is 17.8. The molecule has 1 heteroatoms. The summed E-state index contributed by atoms with van der Waals surface area (Å²) in [4.78, 5) is 0. The van der Waals surface area contributed by atoms with E-state index in [4.69, 9.17) is 4.74 Å². The number of ether oxygens (including phenoxy) is 1. The Morgan fingerprint density at radius 2 is 1.13 bits per heavy atom. The van der Waals surface area contributed by atoms with Gasteiger partial charge in [-0.05, 0) is 34.8 Å². The Morgan fingerprint density at radius 1 is 0.600 bits per heavy atom. The standard InChI is InChI=1S/C29H24O/c1-2-30-29(24-18-10-5-11-19-24)26-21-13-12-20-25(26)27(22-14-6-3-7-15-22)28(29)23-16-8-4-9-17-23/h3-21H,2H2,1H3. The molecule has 0 N–H and O–H groups in total. The van der Waals surface area contributed by atoms with Crippen molar-refractivity contribution < 1.29 is 4.74 Å². The Kier molecular flexibility index (Phi) is 4.82. The highest BCUT2D eigenvalue weighted by atomic mass is 16.5. The predicted octanol–water partition coefficient (Wildman–Crippen LogP) is 6.94. The number of hydrogen-bond acceptors (Lipinski definition) is 1. The maximum Gasteiger partial charge on any atom is 0.145 e. The molecule has 1 atom stereocenters. The topological polar surface area (TPSA) is 9.23 Å². The van der Waals surface area contributed by atoms with Gasteiger partial charge in [-0.25, -0.2) is 0 Å². The molecule has 4 aromatic rings. The molecule has 1 aliphatic rings. The summed E-state index contributed by atoms with van der Waals surface area (Å²) in [5.74, 6) is 0. The Bertz CT molecular complexity index is 1180. The molecule has 146 valence electrons. The van der Waals surface area contributed by atoms with Crippen LogP contribution in [-0.4, -0.2) is 6.61 Å². The van der Waals surface area contributed by atoms with Crippen molar-refractivity contribution in [3.63, 3.8) is 0 Å². The molecule has 30 heavy (non-hydrogen) atoms. The van der Waals surface area contributed by atoms with Gasteiger partial charge in [-0.3, -0.25) is 0 Å². The van der Waals surface area contributed by atoms with Crippen LogP contribution in [0.2, 0.25) is 0 Å². The van der Waals surface area contributed by atoms with E-state index in [-0.39, 0.29) is 0 Å².